The van der Waals surface area contributed by atoms with E-state index in [1.807, 2.05) is 13.8 Å². The third-order valence-corrected chi connectivity index (χ3v) is 4.79. The molecule has 0 aliphatic heterocycles. The first kappa shape index (κ1) is 28.0. The molecule has 3 atom stereocenters. The van der Waals surface area contributed by atoms with E-state index in [0.29, 0.717) is 11.1 Å². The number of nitrogens with zero attached hydrogens (tertiary/aromatic N) is 1. The highest BCUT2D eigenvalue weighted by Crippen LogP contribution is 2.23. The van der Waals surface area contributed by atoms with Gasteiger partial charge in [-0.1, -0.05) is 31.4 Å². The van der Waals surface area contributed by atoms with Crippen molar-refractivity contribution in [3.05, 3.63) is 35.4 Å². The smallest absolute Gasteiger partial charge is 0.408 e. The minimum Gasteiger partial charge on any atom is -0.444 e. The van der Waals surface area contributed by atoms with Crippen LogP contribution in [-0.4, -0.2) is 58.8 Å². The third-order valence-electron chi connectivity index (χ3n) is 4.79. The summed E-state index contributed by atoms with van der Waals surface area (Å²) < 4.78 is 5.23. The molecule has 0 saturated heterocycles. The fourth-order valence-corrected chi connectivity index (χ4v) is 3.33. The van der Waals surface area contributed by atoms with Crippen molar-refractivity contribution >= 4 is 17.9 Å². The number of benzene rings is 1. The average Bonchev–Trinajstić information content (AvgIpc) is 2.72. The van der Waals surface area contributed by atoms with Gasteiger partial charge in [-0.2, -0.15) is 0 Å². The molecule has 0 aromatic heterocycles. The van der Waals surface area contributed by atoms with Gasteiger partial charge in [0.25, 0.3) is 0 Å². The lowest BCUT2D eigenvalue weighted by Crippen LogP contribution is -2.53. The van der Waals surface area contributed by atoms with Gasteiger partial charge in [0.2, 0.25) is 11.8 Å². The summed E-state index contributed by atoms with van der Waals surface area (Å²) in [6.45, 7) is 10.1. The van der Waals surface area contributed by atoms with Gasteiger partial charge in [-0.05, 0) is 58.7 Å². The van der Waals surface area contributed by atoms with E-state index in [1.54, 1.807) is 45.0 Å². The van der Waals surface area contributed by atoms with Crippen molar-refractivity contribution in [1.29, 1.82) is 0 Å². The van der Waals surface area contributed by atoms with Crippen LogP contribution < -0.4 is 10.6 Å². The number of amides is 3. The van der Waals surface area contributed by atoms with Gasteiger partial charge in [-0.15, -0.1) is 6.42 Å². The molecule has 0 bridgehead atoms. The van der Waals surface area contributed by atoms with Gasteiger partial charge in [0, 0.05) is 18.2 Å². The maximum absolute atomic E-state index is 13.3. The first-order chi connectivity index (χ1) is 15.4. The van der Waals surface area contributed by atoms with Crippen molar-refractivity contribution in [2.75, 3.05) is 13.2 Å². The van der Waals surface area contributed by atoms with Crippen molar-refractivity contribution in [3.8, 4) is 12.3 Å². The summed E-state index contributed by atoms with van der Waals surface area (Å²) in [7, 11) is 0. The van der Waals surface area contributed by atoms with Crippen LogP contribution in [-0.2, 0) is 14.3 Å². The zero-order valence-electron chi connectivity index (χ0n) is 20.5. The van der Waals surface area contributed by atoms with Gasteiger partial charge < -0.3 is 25.4 Å². The molecular formula is C25H37N3O5. The molecule has 0 radical (unpaired) electrons. The Morgan fingerprint density at radius 3 is 2.24 bits per heavy atom. The first-order valence-electron chi connectivity index (χ1n) is 11.2. The Balaban J connectivity index is 3.27. The molecule has 3 amide bonds. The topological polar surface area (TPSA) is 108 Å². The Hall–Kier alpha value is -3.05. The molecule has 182 valence electrons. The largest absolute Gasteiger partial charge is 0.444 e. The third kappa shape index (κ3) is 9.15. The number of nitrogens with one attached hydrogen (secondary N) is 2. The monoisotopic (exact) mass is 459 g/mol. The molecule has 1 aromatic rings. The van der Waals surface area contributed by atoms with Crippen molar-refractivity contribution < 1.29 is 24.2 Å². The molecule has 0 aliphatic carbocycles. The molecule has 1 rings (SSSR count). The van der Waals surface area contributed by atoms with E-state index in [2.05, 4.69) is 16.6 Å². The van der Waals surface area contributed by atoms with Crippen LogP contribution in [0.5, 0.6) is 0 Å². The van der Waals surface area contributed by atoms with Gasteiger partial charge in [-0.3, -0.25) is 9.59 Å². The Morgan fingerprint density at radius 2 is 1.76 bits per heavy atom. The summed E-state index contributed by atoms with van der Waals surface area (Å²) in [5.74, 6) is 1.62. The van der Waals surface area contributed by atoms with Crippen molar-refractivity contribution in [2.24, 2.45) is 0 Å². The van der Waals surface area contributed by atoms with E-state index in [1.165, 1.54) is 11.8 Å². The highest BCUT2D eigenvalue weighted by atomic mass is 16.6. The van der Waals surface area contributed by atoms with Crippen LogP contribution in [0.1, 0.15) is 71.6 Å². The number of alkyl carbamates (subject to hydrolysis) is 1. The van der Waals surface area contributed by atoms with Crippen LogP contribution in [0.15, 0.2) is 24.3 Å². The lowest BCUT2D eigenvalue weighted by molar-refractivity contribution is -0.143. The fraction of sp³-hybridized carbons (Fsp3) is 0.560. The zero-order chi connectivity index (χ0) is 25.2. The van der Waals surface area contributed by atoms with E-state index >= 15 is 0 Å². The van der Waals surface area contributed by atoms with Crippen molar-refractivity contribution in [3.63, 3.8) is 0 Å². The van der Waals surface area contributed by atoms with Gasteiger partial charge >= 0.3 is 6.09 Å². The van der Waals surface area contributed by atoms with E-state index < -0.39 is 29.7 Å². The lowest BCUT2D eigenvalue weighted by Gasteiger charge is -2.34. The molecule has 3 unspecified atom stereocenters. The van der Waals surface area contributed by atoms with Gasteiger partial charge in [0.1, 0.15) is 17.7 Å². The second-order valence-corrected chi connectivity index (χ2v) is 8.99. The van der Waals surface area contributed by atoms with E-state index in [4.69, 9.17) is 11.2 Å². The highest BCUT2D eigenvalue weighted by molar-refractivity contribution is 5.92. The minimum absolute atomic E-state index is 0.0987. The van der Waals surface area contributed by atoms with Gasteiger partial charge in [0.05, 0.1) is 6.61 Å². The minimum atomic E-state index is -1.02. The maximum Gasteiger partial charge on any atom is 0.408 e. The number of terminal acetylenes is 1. The summed E-state index contributed by atoms with van der Waals surface area (Å²) in [4.78, 5) is 40.0. The van der Waals surface area contributed by atoms with E-state index in [0.717, 1.165) is 12.8 Å². The average molecular weight is 460 g/mol. The number of aliphatic hydroxyl groups excluding tert-OH is 1. The SMILES string of the molecule is C#Cc1ccc(C(C(=O)NC(C)CCC)N(CCO)C(=O)C(C)NC(=O)OC(C)(C)C)cc1. The molecule has 8 heteroatoms. The highest BCUT2D eigenvalue weighted by Gasteiger charge is 2.34. The van der Waals surface area contributed by atoms with Gasteiger partial charge in [-0.25, -0.2) is 4.79 Å². The van der Waals surface area contributed by atoms with Crippen LogP contribution in [0.2, 0.25) is 0 Å². The van der Waals surface area contributed by atoms with E-state index in [-0.39, 0.29) is 25.1 Å². The summed E-state index contributed by atoms with van der Waals surface area (Å²) in [6.07, 6.45) is 6.36. The Bertz CT molecular complexity index is 839. The molecular weight excluding hydrogens is 422 g/mol. The predicted molar refractivity (Wildman–Crippen MR) is 127 cm³/mol. The Labute approximate surface area is 197 Å². The van der Waals surface area contributed by atoms with Crippen molar-refractivity contribution in [1.82, 2.24) is 15.5 Å². The quantitative estimate of drug-likeness (QED) is 0.466. The molecule has 1 aromatic carbocycles. The molecule has 0 fully saturated rings. The Kier molecular flexibility index (Phi) is 10.9. The fourth-order valence-electron chi connectivity index (χ4n) is 3.33. The molecule has 0 spiro atoms. The summed E-state index contributed by atoms with van der Waals surface area (Å²) >= 11 is 0. The number of hydrogen-bond acceptors (Lipinski definition) is 5. The first-order valence-corrected chi connectivity index (χ1v) is 11.2. The number of carbonyl (C=O) groups is 3. The Morgan fingerprint density at radius 1 is 1.15 bits per heavy atom. The number of ether oxygens (including phenoxy) is 1. The molecule has 8 nitrogen and oxygen atoms in total. The normalized spacial score (nSPS) is 13.8. The van der Waals surface area contributed by atoms with Crippen molar-refractivity contribution in [2.45, 2.75) is 78.1 Å². The summed E-state index contributed by atoms with van der Waals surface area (Å²) in [5.41, 5.74) is 0.451. The van der Waals surface area contributed by atoms with Gasteiger partial charge in [0.15, 0.2) is 0 Å². The second kappa shape index (κ2) is 12.9. The molecule has 33 heavy (non-hydrogen) atoms. The van der Waals surface area contributed by atoms with Crippen LogP contribution >= 0.6 is 0 Å². The predicted octanol–water partition coefficient (Wildman–Crippen LogP) is 2.75. The number of rotatable bonds is 10. The molecule has 3 N–H and O–H groups in total. The summed E-state index contributed by atoms with van der Waals surface area (Å²) in [6, 6.07) is 4.65. The molecule has 0 aliphatic rings. The second-order valence-electron chi connectivity index (χ2n) is 8.99. The maximum atomic E-state index is 13.3. The molecule has 0 saturated carbocycles. The van der Waals surface area contributed by atoms with Crippen LogP contribution in [0.25, 0.3) is 0 Å². The number of carbonyl (C=O) groups excluding carboxylic acids is 3. The lowest BCUT2D eigenvalue weighted by atomic mass is 10.0. The van der Waals surface area contributed by atoms with E-state index in [9.17, 15) is 19.5 Å². The standard InChI is InChI=1S/C25H37N3O5/c1-8-10-17(3)26-22(30)21(20-13-11-19(9-2)12-14-20)28(15-16-29)23(31)18(4)27-24(32)33-25(5,6)7/h2,11-14,17-18,21,29H,8,10,15-16H2,1,3-7H3,(H,26,30)(H,27,32). The zero-order valence-corrected chi connectivity index (χ0v) is 20.5. The number of hydrogen-bond donors (Lipinski definition) is 3. The molecule has 0 heterocycles. The summed E-state index contributed by atoms with van der Waals surface area (Å²) in [5, 5.41) is 15.1. The number of aliphatic hydroxyl groups is 1. The van der Waals surface area contributed by atoms with Crippen LogP contribution in [0, 0.1) is 12.3 Å². The van der Waals surface area contributed by atoms with Crippen LogP contribution in [0.4, 0.5) is 4.79 Å². The van der Waals surface area contributed by atoms with Crippen LogP contribution in [0.3, 0.4) is 0 Å².